The molecule has 0 saturated heterocycles. The fourth-order valence-electron chi connectivity index (χ4n) is 2.03. The molecule has 2 heterocycles. The predicted octanol–water partition coefficient (Wildman–Crippen LogP) is 4.47. The number of hydrogen-bond acceptors (Lipinski definition) is 4. The van der Waals surface area contributed by atoms with Crippen molar-refractivity contribution in [3.05, 3.63) is 63.4 Å². The fraction of sp³-hybridized carbons (Fsp3) is 0.188. The molecule has 0 bridgehead atoms. The summed E-state index contributed by atoms with van der Waals surface area (Å²) in [5, 5.41) is 6.68. The Morgan fingerprint density at radius 3 is 2.90 bits per heavy atom. The molecule has 0 spiro atoms. The molecule has 0 saturated carbocycles. The van der Waals surface area contributed by atoms with Gasteiger partial charge in [-0.2, -0.15) is 0 Å². The number of aryl methyl sites for hydroxylation is 1. The zero-order valence-corrected chi connectivity index (χ0v) is 12.9. The second-order valence-electron chi connectivity index (χ2n) is 4.67. The minimum absolute atomic E-state index is 0.828. The highest BCUT2D eigenvalue weighted by Gasteiger charge is 2.04. The third-order valence-electron chi connectivity index (χ3n) is 3.01. The molecule has 3 aromatic rings. The van der Waals surface area contributed by atoms with Gasteiger partial charge in [-0.15, -0.1) is 22.7 Å². The number of benzene rings is 1. The quantitative estimate of drug-likeness (QED) is 0.752. The van der Waals surface area contributed by atoms with Gasteiger partial charge in [0.25, 0.3) is 0 Å². The second kappa shape index (κ2) is 6.31. The van der Waals surface area contributed by atoms with Crippen LogP contribution in [0.5, 0.6) is 0 Å². The Balaban J connectivity index is 1.62. The molecule has 0 unspecified atom stereocenters. The van der Waals surface area contributed by atoms with Gasteiger partial charge in [0.1, 0.15) is 5.01 Å². The third-order valence-corrected chi connectivity index (χ3v) is 4.93. The molecule has 0 aliphatic heterocycles. The number of rotatable bonds is 5. The van der Waals surface area contributed by atoms with Crippen molar-refractivity contribution in [3.63, 3.8) is 0 Å². The Morgan fingerprint density at radius 2 is 2.10 bits per heavy atom. The summed E-state index contributed by atoms with van der Waals surface area (Å²) in [5.74, 6) is 0. The molecule has 1 aromatic carbocycles. The van der Waals surface area contributed by atoms with E-state index in [1.807, 2.05) is 6.20 Å². The normalized spacial score (nSPS) is 10.8. The van der Waals surface area contributed by atoms with Crippen LogP contribution in [0.2, 0.25) is 0 Å². The zero-order valence-electron chi connectivity index (χ0n) is 11.3. The van der Waals surface area contributed by atoms with Gasteiger partial charge in [-0.3, -0.25) is 0 Å². The molecular formula is C16H16N2S2. The van der Waals surface area contributed by atoms with Crippen molar-refractivity contribution in [3.8, 4) is 10.4 Å². The van der Waals surface area contributed by atoms with Gasteiger partial charge >= 0.3 is 0 Å². The zero-order chi connectivity index (χ0) is 13.8. The number of thiazole rings is 1. The first-order valence-corrected chi connectivity index (χ1v) is 8.26. The van der Waals surface area contributed by atoms with Gasteiger partial charge in [0.05, 0.1) is 4.88 Å². The molecule has 0 aliphatic rings. The van der Waals surface area contributed by atoms with Crippen molar-refractivity contribution in [1.29, 1.82) is 0 Å². The second-order valence-corrected chi connectivity index (χ2v) is 6.82. The van der Waals surface area contributed by atoms with Crippen molar-refractivity contribution < 1.29 is 0 Å². The van der Waals surface area contributed by atoms with E-state index >= 15 is 0 Å². The highest BCUT2D eigenvalue weighted by molar-refractivity contribution is 7.15. The lowest BCUT2D eigenvalue weighted by atomic mass is 10.1. The molecule has 4 heteroatoms. The number of nitrogens with zero attached hydrogens (tertiary/aromatic N) is 1. The molecule has 0 aliphatic carbocycles. The summed E-state index contributed by atoms with van der Waals surface area (Å²) in [7, 11) is 0. The maximum absolute atomic E-state index is 4.50. The van der Waals surface area contributed by atoms with Gasteiger partial charge in [-0.25, -0.2) is 4.98 Å². The Bertz CT molecular complexity index is 671. The first-order chi connectivity index (χ1) is 9.81. The van der Waals surface area contributed by atoms with Crippen LogP contribution in [0.25, 0.3) is 10.4 Å². The van der Waals surface area contributed by atoms with Crippen LogP contribution in [0.15, 0.2) is 48.0 Å². The van der Waals surface area contributed by atoms with Crippen LogP contribution in [-0.4, -0.2) is 4.98 Å². The average molecular weight is 300 g/mol. The summed E-state index contributed by atoms with van der Waals surface area (Å²) < 4.78 is 0. The monoisotopic (exact) mass is 300 g/mol. The van der Waals surface area contributed by atoms with Crippen molar-refractivity contribution in [2.75, 3.05) is 0 Å². The summed E-state index contributed by atoms with van der Waals surface area (Å²) in [6.45, 7) is 3.86. The maximum atomic E-state index is 4.50. The summed E-state index contributed by atoms with van der Waals surface area (Å²) in [6.07, 6.45) is 1.97. The highest BCUT2D eigenvalue weighted by Crippen LogP contribution is 2.26. The minimum atomic E-state index is 0.828. The van der Waals surface area contributed by atoms with Crippen molar-refractivity contribution in [2.45, 2.75) is 20.0 Å². The van der Waals surface area contributed by atoms with Crippen LogP contribution in [0, 0.1) is 6.92 Å². The summed E-state index contributed by atoms with van der Waals surface area (Å²) in [4.78, 5) is 7.10. The molecule has 20 heavy (non-hydrogen) atoms. The smallest absolute Gasteiger partial charge is 0.107 e. The van der Waals surface area contributed by atoms with Crippen LogP contribution >= 0.6 is 22.7 Å². The van der Waals surface area contributed by atoms with Gasteiger partial charge in [0.2, 0.25) is 0 Å². The first kappa shape index (κ1) is 13.5. The van der Waals surface area contributed by atoms with Crippen LogP contribution in [-0.2, 0) is 13.1 Å². The molecule has 1 N–H and O–H groups in total. The third kappa shape index (κ3) is 3.33. The van der Waals surface area contributed by atoms with Crippen molar-refractivity contribution >= 4 is 22.7 Å². The lowest BCUT2D eigenvalue weighted by Gasteiger charge is -1.99. The predicted molar refractivity (Wildman–Crippen MR) is 87.1 cm³/mol. The van der Waals surface area contributed by atoms with E-state index in [4.69, 9.17) is 0 Å². The number of aromatic nitrogens is 1. The van der Waals surface area contributed by atoms with Gasteiger partial charge in [-0.05, 0) is 23.9 Å². The van der Waals surface area contributed by atoms with Crippen molar-refractivity contribution in [1.82, 2.24) is 10.3 Å². The van der Waals surface area contributed by atoms with Gasteiger partial charge in [-0.1, -0.05) is 35.9 Å². The van der Waals surface area contributed by atoms with E-state index < -0.39 is 0 Å². The van der Waals surface area contributed by atoms with E-state index in [-0.39, 0.29) is 0 Å². The van der Waals surface area contributed by atoms with Gasteiger partial charge in [0.15, 0.2) is 0 Å². The lowest BCUT2D eigenvalue weighted by molar-refractivity contribution is 0.697. The van der Waals surface area contributed by atoms with Crippen LogP contribution in [0.3, 0.4) is 0 Å². The SMILES string of the molecule is Cc1cccc(-c2cnc(CNCc3cccs3)s2)c1. The Hall–Kier alpha value is -1.49. The topological polar surface area (TPSA) is 24.9 Å². The van der Waals surface area contributed by atoms with Crippen LogP contribution < -0.4 is 5.32 Å². The van der Waals surface area contributed by atoms with E-state index in [0.717, 1.165) is 18.1 Å². The van der Waals surface area contributed by atoms with E-state index in [1.165, 1.54) is 20.9 Å². The van der Waals surface area contributed by atoms with E-state index in [0.29, 0.717) is 0 Å². The summed E-state index contributed by atoms with van der Waals surface area (Å²) >= 11 is 3.54. The standard InChI is InChI=1S/C16H16N2S2/c1-12-4-2-5-13(8-12)15-10-18-16(20-15)11-17-9-14-6-3-7-19-14/h2-8,10,17H,9,11H2,1H3. The molecule has 2 nitrogen and oxygen atoms in total. The highest BCUT2D eigenvalue weighted by atomic mass is 32.1. The molecule has 0 fully saturated rings. The molecule has 0 amide bonds. The summed E-state index contributed by atoms with van der Waals surface area (Å²) in [6, 6.07) is 12.8. The van der Waals surface area contributed by atoms with E-state index in [1.54, 1.807) is 22.7 Å². The molecule has 2 aromatic heterocycles. The van der Waals surface area contributed by atoms with E-state index in [2.05, 4.69) is 59.0 Å². The first-order valence-electron chi connectivity index (χ1n) is 6.56. The van der Waals surface area contributed by atoms with Crippen LogP contribution in [0.4, 0.5) is 0 Å². The van der Waals surface area contributed by atoms with Crippen LogP contribution in [0.1, 0.15) is 15.4 Å². The molecule has 3 rings (SSSR count). The number of nitrogens with one attached hydrogen (secondary N) is 1. The minimum Gasteiger partial charge on any atom is -0.306 e. The molecule has 0 atom stereocenters. The van der Waals surface area contributed by atoms with Gasteiger partial charge in [0, 0.05) is 24.2 Å². The largest absolute Gasteiger partial charge is 0.306 e. The maximum Gasteiger partial charge on any atom is 0.107 e. The molecular weight excluding hydrogens is 284 g/mol. The summed E-state index contributed by atoms with van der Waals surface area (Å²) in [5.41, 5.74) is 2.54. The Morgan fingerprint density at radius 1 is 1.15 bits per heavy atom. The number of hydrogen-bond donors (Lipinski definition) is 1. The Kier molecular flexibility index (Phi) is 4.25. The van der Waals surface area contributed by atoms with E-state index in [9.17, 15) is 0 Å². The molecule has 102 valence electrons. The van der Waals surface area contributed by atoms with Gasteiger partial charge < -0.3 is 5.32 Å². The average Bonchev–Trinajstić information content (AvgIpc) is 3.10. The van der Waals surface area contributed by atoms with Crippen molar-refractivity contribution in [2.24, 2.45) is 0 Å². The Labute approximate surface area is 127 Å². The fourth-order valence-corrected chi connectivity index (χ4v) is 3.59. The number of thiophene rings is 1. The lowest BCUT2D eigenvalue weighted by Crippen LogP contribution is -2.11. The molecule has 0 radical (unpaired) electrons.